The van der Waals surface area contributed by atoms with E-state index in [9.17, 15) is 13.5 Å². The van der Waals surface area contributed by atoms with E-state index in [1.165, 1.54) is 9.71 Å². The van der Waals surface area contributed by atoms with Gasteiger partial charge in [-0.25, -0.2) is 8.42 Å². The van der Waals surface area contributed by atoms with Crippen molar-refractivity contribution >= 4 is 16.1 Å². The maximum absolute atomic E-state index is 12.3. The Hall–Kier alpha value is -1.17. The van der Waals surface area contributed by atoms with Crippen molar-refractivity contribution in [1.29, 1.82) is 0 Å². The molecule has 20 heavy (non-hydrogen) atoms. The molecule has 1 aromatic carbocycles. The number of sulfonamides is 1. The summed E-state index contributed by atoms with van der Waals surface area (Å²) < 4.78 is 26.0. The highest BCUT2D eigenvalue weighted by Crippen LogP contribution is 2.22. The Morgan fingerprint density at radius 2 is 2.05 bits per heavy atom. The average Bonchev–Trinajstić information content (AvgIpc) is 2.46. The lowest BCUT2D eigenvalue weighted by Crippen LogP contribution is -2.42. The molecule has 2 rings (SSSR count). The first-order valence-corrected chi connectivity index (χ1v) is 8.41. The largest absolute Gasteiger partial charge is 0.393 e. The maximum Gasteiger partial charge on any atom is 0.236 e. The van der Waals surface area contributed by atoms with Crippen LogP contribution >= 0.6 is 0 Å². The number of piperidine rings is 1. The second-order valence-corrected chi connectivity index (χ2v) is 7.08. The second-order valence-electron chi connectivity index (χ2n) is 5.26. The third-order valence-electron chi connectivity index (χ3n) is 3.69. The van der Waals surface area contributed by atoms with E-state index in [0.29, 0.717) is 13.1 Å². The van der Waals surface area contributed by atoms with Crippen molar-refractivity contribution in [2.75, 3.05) is 13.1 Å². The van der Waals surface area contributed by atoms with E-state index < -0.39 is 16.1 Å². The van der Waals surface area contributed by atoms with Crippen molar-refractivity contribution in [1.82, 2.24) is 4.31 Å². The molecule has 0 aromatic heterocycles. The molecule has 0 aliphatic carbocycles. The molecule has 2 unspecified atom stereocenters. The molecule has 1 N–H and O–H groups in total. The molecule has 0 spiro atoms. The van der Waals surface area contributed by atoms with Crippen LogP contribution in [0, 0.1) is 5.92 Å². The minimum absolute atomic E-state index is 0.0312. The number of nitrogens with zero attached hydrogens (tertiary/aromatic N) is 1. The van der Waals surface area contributed by atoms with E-state index in [-0.39, 0.29) is 5.92 Å². The predicted molar refractivity (Wildman–Crippen MR) is 80.4 cm³/mol. The summed E-state index contributed by atoms with van der Waals surface area (Å²) in [6, 6.07) is 9.36. The molecule has 1 aromatic rings. The van der Waals surface area contributed by atoms with Crippen LogP contribution in [0.3, 0.4) is 0 Å². The minimum atomic E-state index is -3.41. The number of benzene rings is 1. The SMILES string of the molecule is CC(O)C1CCCN(S(=O)(=O)/C=C/c2ccccc2)C1. The molecule has 0 bridgehead atoms. The average molecular weight is 295 g/mol. The van der Waals surface area contributed by atoms with Gasteiger partial charge in [-0.2, -0.15) is 4.31 Å². The van der Waals surface area contributed by atoms with E-state index in [4.69, 9.17) is 0 Å². The molecule has 110 valence electrons. The molecule has 0 amide bonds. The lowest BCUT2D eigenvalue weighted by atomic mass is 9.95. The zero-order valence-corrected chi connectivity index (χ0v) is 12.5. The number of aliphatic hydroxyl groups is 1. The molecule has 5 heteroatoms. The third kappa shape index (κ3) is 3.91. The van der Waals surface area contributed by atoms with E-state index in [1.807, 2.05) is 30.3 Å². The fraction of sp³-hybridized carbons (Fsp3) is 0.467. The van der Waals surface area contributed by atoms with Crippen LogP contribution in [-0.2, 0) is 10.0 Å². The topological polar surface area (TPSA) is 57.6 Å². The standard InChI is InChI=1S/C15H21NO3S/c1-13(17)15-8-5-10-16(12-15)20(18,19)11-9-14-6-3-2-4-7-14/h2-4,6-7,9,11,13,15,17H,5,8,10,12H2,1H3/b11-9+. The van der Waals surface area contributed by atoms with E-state index >= 15 is 0 Å². The third-order valence-corrected chi connectivity index (χ3v) is 5.23. The highest BCUT2D eigenvalue weighted by atomic mass is 32.2. The Bertz CT molecular complexity index is 552. The molecule has 0 radical (unpaired) electrons. The summed E-state index contributed by atoms with van der Waals surface area (Å²) in [5.74, 6) is 0.0312. The highest BCUT2D eigenvalue weighted by molar-refractivity contribution is 7.92. The number of aliphatic hydroxyl groups excluding tert-OH is 1. The van der Waals surface area contributed by atoms with Crippen molar-refractivity contribution in [2.45, 2.75) is 25.9 Å². The zero-order chi connectivity index (χ0) is 14.6. The van der Waals surface area contributed by atoms with Gasteiger partial charge in [0.15, 0.2) is 0 Å². The van der Waals surface area contributed by atoms with Crippen LogP contribution in [0.2, 0.25) is 0 Å². The van der Waals surface area contributed by atoms with Crippen molar-refractivity contribution in [3.8, 4) is 0 Å². The van der Waals surface area contributed by atoms with Gasteiger partial charge in [0.05, 0.1) is 6.10 Å². The second kappa shape index (κ2) is 6.52. The van der Waals surface area contributed by atoms with Crippen LogP contribution in [0.15, 0.2) is 35.7 Å². The summed E-state index contributed by atoms with van der Waals surface area (Å²) in [6.07, 6.45) is 2.83. The van der Waals surface area contributed by atoms with Gasteiger partial charge in [0.25, 0.3) is 0 Å². The Labute approximate surface area is 120 Å². The van der Waals surface area contributed by atoms with Gasteiger partial charge in [0.2, 0.25) is 10.0 Å². The highest BCUT2D eigenvalue weighted by Gasteiger charge is 2.29. The monoisotopic (exact) mass is 295 g/mol. The Morgan fingerprint density at radius 3 is 2.70 bits per heavy atom. The first-order chi connectivity index (χ1) is 9.49. The Balaban J connectivity index is 2.08. The lowest BCUT2D eigenvalue weighted by molar-refractivity contribution is 0.0889. The molecule has 1 fully saturated rings. The number of rotatable bonds is 4. The molecule has 1 saturated heterocycles. The first kappa shape index (κ1) is 15.2. The molecular formula is C15H21NO3S. The summed E-state index contributed by atoms with van der Waals surface area (Å²) >= 11 is 0. The van der Waals surface area contributed by atoms with Gasteiger partial charge in [-0.3, -0.25) is 0 Å². The molecule has 1 aliphatic rings. The molecule has 4 nitrogen and oxygen atoms in total. The van der Waals surface area contributed by atoms with Crippen LogP contribution in [0.25, 0.3) is 6.08 Å². The van der Waals surface area contributed by atoms with Gasteiger partial charge in [-0.15, -0.1) is 0 Å². The summed E-state index contributed by atoms with van der Waals surface area (Å²) in [6.45, 7) is 2.66. The van der Waals surface area contributed by atoms with Crippen LogP contribution in [0.4, 0.5) is 0 Å². The smallest absolute Gasteiger partial charge is 0.236 e. The Kier molecular flexibility index (Phi) is 4.96. The molecule has 2 atom stereocenters. The van der Waals surface area contributed by atoms with Crippen molar-refractivity contribution in [2.24, 2.45) is 5.92 Å². The number of hydrogen-bond donors (Lipinski definition) is 1. The van der Waals surface area contributed by atoms with Gasteiger partial charge in [-0.1, -0.05) is 30.3 Å². The van der Waals surface area contributed by atoms with E-state index in [2.05, 4.69) is 0 Å². The minimum Gasteiger partial charge on any atom is -0.393 e. The van der Waals surface area contributed by atoms with Gasteiger partial charge >= 0.3 is 0 Å². The van der Waals surface area contributed by atoms with Crippen LogP contribution in [0.1, 0.15) is 25.3 Å². The Morgan fingerprint density at radius 1 is 1.35 bits per heavy atom. The zero-order valence-electron chi connectivity index (χ0n) is 11.6. The van der Waals surface area contributed by atoms with Gasteiger partial charge < -0.3 is 5.11 Å². The molecule has 1 aliphatic heterocycles. The maximum atomic E-state index is 12.3. The first-order valence-electron chi connectivity index (χ1n) is 6.90. The predicted octanol–water partition coefficient (Wildman–Crippen LogP) is 2.08. The summed E-state index contributed by atoms with van der Waals surface area (Å²) in [7, 11) is -3.41. The molecular weight excluding hydrogens is 274 g/mol. The summed E-state index contributed by atoms with van der Waals surface area (Å²) in [5.41, 5.74) is 0.861. The van der Waals surface area contributed by atoms with Gasteiger partial charge in [-0.05, 0) is 37.3 Å². The van der Waals surface area contributed by atoms with Crippen molar-refractivity contribution in [3.63, 3.8) is 0 Å². The van der Waals surface area contributed by atoms with E-state index in [0.717, 1.165) is 18.4 Å². The summed E-state index contributed by atoms with van der Waals surface area (Å²) in [5, 5.41) is 10.9. The van der Waals surface area contributed by atoms with Gasteiger partial charge in [0.1, 0.15) is 0 Å². The summed E-state index contributed by atoms with van der Waals surface area (Å²) in [4.78, 5) is 0. The molecule has 1 heterocycles. The van der Waals surface area contributed by atoms with Crippen LogP contribution in [-0.4, -0.2) is 37.0 Å². The normalized spacial score (nSPS) is 23.0. The van der Waals surface area contributed by atoms with Crippen molar-refractivity contribution < 1.29 is 13.5 Å². The molecule has 0 saturated carbocycles. The lowest BCUT2D eigenvalue weighted by Gasteiger charge is -2.32. The van der Waals surface area contributed by atoms with Gasteiger partial charge in [0, 0.05) is 18.5 Å². The fourth-order valence-electron chi connectivity index (χ4n) is 2.41. The van der Waals surface area contributed by atoms with Crippen LogP contribution < -0.4 is 0 Å². The number of hydrogen-bond acceptors (Lipinski definition) is 3. The van der Waals surface area contributed by atoms with E-state index in [1.54, 1.807) is 13.0 Å². The fourth-order valence-corrected chi connectivity index (χ4v) is 3.70. The van der Waals surface area contributed by atoms with Crippen molar-refractivity contribution in [3.05, 3.63) is 41.3 Å². The van der Waals surface area contributed by atoms with Crippen LogP contribution in [0.5, 0.6) is 0 Å². The quantitative estimate of drug-likeness (QED) is 0.925.